The highest BCUT2D eigenvalue weighted by molar-refractivity contribution is 5.69. The summed E-state index contributed by atoms with van der Waals surface area (Å²) in [5, 5.41) is 0. The van der Waals surface area contributed by atoms with Crippen molar-refractivity contribution in [1.82, 2.24) is 0 Å². The zero-order valence-electron chi connectivity index (χ0n) is 5.58. The predicted octanol–water partition coefficient (Wildman–Crippen LogP) is 1.32. The van der Waals surface area contributed by atoms with Gasteiger partial charge in [0.15, 0.2) is 0 Å². The maximum atomic E-state index is 10.5. The summed E-state index contributed by atoms with van der Waals surface area (Å²) in [7, 11) is 0. The number of aldehydes is 1. The van der Waals surface area contributed by atoms with Crippen molar-refractivity contribution in [3.8, 4) is 12.3 Å². The Morgan fingerprint density at radius 1 is 1.60 bits per heavy atom. The molecule has 10 heavy (non-hydrogen) atoms. The molecular formula is C9H8O. The fourth-order valence-corrected chi connectivity index (χ4v) is 0.865. The zero-order valence-corrected chi connectivity index (χ0v) is 5.58. The number of hydrogen-bond acceptors (Lipinski definition) is 1. The summed E-state index contributed by atoms with van der Waals surface area (Å²) < 4.78 is 0. The van der Waals surface area contributed by atoms with Crippen molar-refractivity contribution in [2.24, 2.45) is 5.41 Å². The van der Waals surface area contributed by atoms with Gasteiger partial charge in [0, 0.05) is 0 Å². The van der Waals surface area contributed by atoms with E-state index < -0.39 is 5.41 Å². The van der Waals surface area contributed by atoms with E-state index in [4.69, 9.17) is 6.42 Å². The van der Waals surface area contributed by atoms with Gasteiger partial charge in [0.2, 0.25) is 0 Å². The van der Waals surface area contributed by atoms with E-state index in [1.54, 1.807) is 12.2 Å². The highest BCUT2D eigenvalue weighted by atomic mass is 16.1. The molecular weight excluding hydrogens is 124 g/mol. The minimum absolute atomic E-state index is 0.628. The van der Waals surface area contributed by atoms with Gasteiger partial charge in [-0.3, -0.25) is 0 Å². The number of allylic oxidation sites excluding steroid dienone is 4. The molecule has 1 aliphatic rings. The van der Waals surface area contributed by atoms with Crippen LogP contribution in [0, 0.1) is 17.8 Å². The van der Waals surface area contributed by atoms with Gasteiger partial charge >= 0.3 is 0 Å². The fraction of sp³-hybridized carbons (Fsp3) is 0.222. The number of terminal acetylenes is 1. The van der Waals surface area contributed by atoms with E-state index in [0.717, 1.165) is 6.29 Å². The maximum Gasteiger partial charge on any atom is 0.142 e. The van der Waals surface area contributed by atoms with Crippen molar-refractivity contribution in [2.45, 2.75) is 6.42 Å². The van der Waals surface area contributed by atoms with Crippen LogP contribution in [-0.4, -0.2) is 6.29 Å². The number of carbonyl (C=O) groups is 1. The van der Waals surface area contributed by atoms with Crippen LogP contribution in [0.25, 0.3) is 0 Å². The Bertz CT molecular complexity index is 230. The average molecular weight is 132 g/mol. The van der Waals surface area contributed by atoms with E-state index in [1.807, 2.05) is 12.2 Å². The number of hydrogen-bond donors (Lipinski definition) is 0. The van der Waals surface area contributed by atoms with Gasteiger partial charge in [0.1, 0.15) is 11.7 Å². The Hall–Kier alpha value is -1.29. The van der Waals surface area contributed by atoms with Gasteiger partial charge in [0.25, 0.3) is 0 Å². The standard InChI is InChI=1S/C9H8O/c1-2-9(8-10)6-4-3-5-7-9/h1,3-6,8H,7H2. The lowest BCUT2D eigenvalue weighted by atomic mass is 9.84. The number of rotatable bonds is 1. The second-order valence-corrected chi connectivity index (χ2v) is 2.29. The van der Waals surface area contributed by atoms with Crippen LogP contribution >= 0.6 is 0 Å². The van der Waals surface area contributed by atoms with Crippen molar-refractivity contribution in [3.05, 3.63) is 24.3 Å². The monoisotopic (exact) mass is 132 g/mol. The van der Waals surface area contributed by atoms with Gasteiger partial charge < -0.3 is 4.79 Å². The second kappa shape index (κ2) is 2.53. The first kappa shape index (κ1) is 6.82. The van der Waals surface area contributed by atoms with Crippen molar-refractivity contribution < 1.29 is 4.79 Å². The van der Waals surface area contributed by atoms with Crippen LogP contribution in [0.5, 0.6) is 0 Å². The van der Waals surface area contributed by atoms with Crippen molar-refractivity contribution in [3.63, 3.8) is 0 Å². The zero-order chi connectivity index (χ0) is 7.45. The first-order chi connectivity index (χ1) is 4.83. The van der Waals surface area contributed by atoms with Gasteiger partial charge in [-0.25, -0.2) is 0 Å². The second-order valence-electron chi connectivity index (χ2n) is 2.29. The van der Waals surface area contributed by atoms with Gasteiger partial charge in [-0.2, -0.15) is 0 Å². The molecule has 0 aromatic heterocycles. The van der Waals surface area contributed by atoms with Gasteiger partial charge in [-0.1, -0.05) is 30.2 Å². The van der Waals surface area contributed by atoms with Gasteiger partial charge in [0.05, 0.1) is 0 Å². The third kappa shape index (κ3) is 1.01. The van der Waals surface area contributed by atoms with Crippen molar-refractivity contribution >= 4 is 6.29 Å². The van der Waals surface area contributed by atoms with Crippen molar-refractivity contribution in [2.75, 3.05) is 0 Å². The topological polar surface area (TPSA) is 17.1 Å². The SMILES string of the molecule is C#CC1(C=O)C=CC=CC1. The molecule has 0 aliphatic heterocycles. The summed E-state index contributed by atoms with van der Waals surface area (Å²) in [5.74, 6) is 2.46. The third-order valence-electron chi connectivity index (χ3n) is 1.58. The third-order valence-corrected chi connectivity index (χ3v) is 1.58. The van der Waals surface area contributed by atoms with E-state index in [2.05, 4.69) is 5.92 Å². The van der Waals surface area contributed by atoms with E-state index in [-0.39, 0.29) is 0 Å². The predicted molar refractivity (Wildman–Crippen MR) is 40.2 cm³/mol. The molecule has 0 aromatic carbocycles. The van der Waals surface area contributed by atoms with Crippen LogP contribution in [0.1, 0.15) is 6.42 Å². The van der Waals surface area contributed by atoms with Crippen molar-refractivity contribution in [1.29, 1.82) is 0 Å². The Balaban J connectivity index is 2.89. The van der Waals surface area contributed by atoms with E-state index in [0.29, 0.717) is 6.42 Å². The first-order valence-corrected chi connectivity index (χ1v) is 3.11. The molecule has 50 valence electrons. The lowest BCUT2D eigenvalue weighted by molar-refractivity contribution is -0.112. The molecule has 1 unspecified atom stereocenters. The molecule has 0 fully saturated rings. The molecule has 0 amide bonds. The minimum atomic E-state index is -0.658. The Kier molecular flexibility index (Phi) is 1.73. The van der Waals surface area contributed by atoms with E-state index in [9.17, 15) is 4.79 Å². The Morgan fingerprint density at radius 2 is 2.40 bits per heavy atom. The molecule has 0 saturated carbocycles. The molecule has 1 heteroatoms. The number of carbonyl (C=O) groups excluding carboxylic acids is 1. The lowest BCUT2D eigenvalue weighted by Crippen LogP contribution is -2.17. The summed E-state index contributed by atoms with van der Waals surface area (Å²) in [6.07, 6.45) is 14.0. The Morgan fingerprint density at radius 3 is 2.70 bits per heavy atom. The molecule has 1 rings (SSSR count). The summed E-state index contributed by atoms with van der Waals surface area (Å²) in [4.78, 5) is 10.5. The average Bonchev–Trinajstić information content (AvgIpc) is 2.06. The van der Waals surface area contributed by atoms with Crippen LogP contribution in [0.3, 0.4) is 0 Å². The molecule has 1 atom stereocenters. The Labute approximate surface area is 60.4 Å². The summed E-state index contributed by atoms with van der Waals surface area (Å²) >= 11 is 0. The lowest BCUT2D eigenvalue weighted by Gasteiger charge is -2.16. The van der Waals surface area contributed by atoms with Gasteiger partial charge in [-0.15, -0.1) is 6.42 Å². The van der Waals surface area contributed by atoms with E-state index >= 15 is 0 Å². The van der Waals surface area contributed by atoms with Crippen LogP contribution in [0.2, 0.25) is 0 Å². The largest absolute Gasteiger partial charge is 0.301 e. The highest BCUT2D eigenvalue weighted by Crippen LogP contribution is 2.23. The van der Waals surface area contributed by atoms with E-state index in [1.165, 1.54) is 0 Å². The molecule has 0 spiro atoms. The van der Waals surface area contributed by atoms with Crippen LogP contribution in [0.15, 0.2) is 24.3 Å². The highest BCUT2D eigenvalue weighted by Gasteiger charge is 2.22. The normalized spacial score (nSPS) is 29.5. The first-order valence-electron chi connectivity index (χ1n) is 3.11. The molecule has 0 radical (unpaired) electrons. The molecule has 1 aliphatic carbocycles. The van der Waals surface area contributed by atoms with Gasteiger partial charge in [-0.05, 0) is 6.42 Å². The molecule has 0 saturated heterocycles. The fourth-order valence-electron chi connectivity index (χ4n) is 0.865. The van der Waals surface area contributed by atoms with Crippen LogP contribution < -0.4 is 0 Å². The minimum Gasteiger partial charge on any atom is -0.301 e. The molecule has 0 N–H and O–H groups in total. The molecule has 0 aromatic rings. The summed E-state index contributed by atoms with van der Waals surface area (Å²) in [6, 6.07) is 0. The molecule has 0 heterocycles. The smallest absolute Gasteiger partial charge is 0.142 e. The quantitative estimate of drug-likeness (QED) is 0.388. The molecule has 1 nitrogen and oxygen atoms in total. The summed E-state index contributed by atoms with van der Waals surface area (Å²) in [6.45, 7) is 0. The summed E-state index contributed by atoms with van der Waals surface area (Å²) in [5.41, 5.74) is -0.658. The molecule has 0 bridgehead atoms. The van der Waals surface area contributed by atoms with Crippen LogP contribution in [0.4, 0.5) is 0 Å². The maximum absolute atomic E-state index is 10.5. The van der Waals surface area contributed by atoms with Crippen LogP contribution in [-0.2, 0) is 4.79 Å².